The third-order valence-corrected chi connectivity index (χ3v) is 2.81. The van der Waals surface area contributed by atoms with Crippen LogP contribution in [0.25, 0.3) is 0 Å². The number of carbonyl (C=O) groups excluding carboxylic acids is 1. The summed E-state index contributed by atoms with van der Waals surface area (Å²) in [5.74, 6) is -0.243. The molecule has 0 aliphatic carbocycles. The normalized spacial score (nSPS) is 13.1. The Bertz CT molecular complexity index is 426. The van der Waals surface area contributed by atoms with Gasteiger partial charge in [-0.25, -0.2) is 0 Å². The largest absolute Gasteiger partial charge is 0.459 e. The molecule has 19 heavy (non-hydrogen) atoms. The Balaban J connectivity index is 2.56. The fraction of sp³-hybridized carbons (Fsp3) is 0.533. The van der Waals surface area contributed by atoms with Gasteiger partial charge in [-0.1, -0.05) is 30.7 Å². The minimum Gasteiger partial charge on any atom is -0.459 e. The maximum atomic E-state index is 11.7. The van der Waals surface area contributed by atoms with Gasteiger partial charge in [0.2, 0.25) is 0 Å². The number of hydrogen-bond acceptors (Lipinski definition) is 3. The molecule has 1 N–H and O–H groups in total. The van der Waals surface area contributed by atoms with E-state index in [9.17, 15) is 4.79 Å². The van der Waals surface area contributed by atoms with Crippen molar-refractivity contribution in [1.82, 2.24) is 5.32 Å². The lowest BCUT2D eigenvalue weighted by Crippen LogP contribution is -2.33. The van der Waals surface area contributed by atoms with Gasteiger partial charge in [0.05, 0.1) is 6.54 Å². The first-order valence-corrected chi connectivity index (χ1v) is 6.90. The van der Waals surface area contributed by atoms with Crippen molar-refractivity contribution in [3.05, 3.63) is 34.9 Å². The summed E-state index contributed by atoms with van der Waals surface area (Å²) in [7, 11) is 0. The van der Waals surface area contributed by atoms with Gasteiger partial charge in [-0.15, -0.1) is 0 Å². The Morgan fingerprint density at radius 1 is 1.42 bits per heavy atom. The average Bonchev–Trinajstić information content (AvgIpc) is 2.27. The van der Waals surface area contributed by atoms with Crippen molar-refractivity contribution in [3.63, 3.8) is 0 Å². The summed E-state index contributed by atoms with van der Waals surface area (Å²) in [6.45, 7) is 7.84. The van der Waals surface area contributed by atoms with Crippen LogP contribution in [-0.2, 0) is 9.53 Å². The van der Waals surface area contributed by atoms with E-state index in [1.54, 1.807) is 0 Å². The molecule has 0 aliphatic rings. The molecule has 0 spiro atoms. The van der Waals surface area contributed by atoms with E-state index in [1.807, 2.05) is 45.0 Å². The molecule has 1 aromatic carbocycles. The highest BCUT2D eigenvalue weighted by atomic mass is 35.5. The number of esters is 1. The molecule has 1 unspecified atom stereocenters. The summed E-state index contributed by atoms with van der Waals surface area (Å²) in [6.07, 6.45) is 0.878. The Labute approximate surface area is 120 Å². The van der Waals surface area contributed by atoms with Gasteiger partial charge in [-0.2, -0.15) is 0 Å². The van der Waals surface area contributed by atoms with Gasteiger partial charge in [0.25, 0.3) is 0 Å². The van der Waals surface area contributed by atoms with Gasteiger partial charge in [0.1, 0.15) is 5.60 Å². The van der Waals surface area contributed by atoms with Crippen LogP contribution in [0.5, 0.6) is 0 Å². The molecule has 0 fully saturated rings. The number of hydrogen-bond donors (Lipinski definition) is 1. The van der Waals surface area contributed by atoms with Crippen LogP contribution in [0.15, 0.2) is 24.3 Å². The highest BCUT2D eigenvalue weighted by Gasteiger charge is 2.17. The standard InChI is InChI=1S/C15H22ClNO2/c1-5-13(11-7-6-8-12(16)9-11)17-10-14(18)19-15(2,3)4/h6-9,13,17H,5,10H2,1-4H3. The van der Waals surface area contributed by atoms with Crippen LogP contribution in [0, 0.1) is 0 Å². The number of halogens is 1. The Kier molecular flexibility index (Phi) is 5.83. The molecular formula is C15H22ClNO2. The smallest absolute Gasteiger partial charge is 0.320 e. The number of carbonyl (C=O) groups is 1. The first-order valence-electron chi connectivity index (χ1n) is 6.52. The van der Waals surface area contributed by atoms with E-state index in [0.29, 0.717) is 5.02 Å². The van der Waals surface area contributed by atoms with Crippen molar-refractivity contribution in [1.29, 1.82) is 0 Å². The second kappa shape index (κ2) is 6.92. The van der Waals surface area contributed by atoms with Crippen LogP contribution in [0.3, 0.4) is 0 Å². The minimum atomic E-state index is -0.448. The summed E-state index contributed by atoms with van der Waals surface area (Å²) in [4.78, 5) is 11.7. The monoisotopic (exact) mass is 283 g/mol. The van der Waals surface area contributed by atoms with Crippen molar-refractivity contribution in [2.24, 2.45) is 0 Å². The average molecular weight is 284 g/mol. The van der Waals surface area contributed by atoms with Gasteiger partial charge in [-0.3, -0.25) is 4.79 Å². The molecular weight excluding hydrogens is 262 g/mol. The summed E-state index contributed by atoms with van der Waals surface area (Å²) in [5.41, 5.74) is 0.634. The van der Waals surface area contributed by atoms with Crippen molar-refractivity contribution in [2.45, 2.75) is 45.8 Å². The topological polar surface area (TPSA) is 38.3 Å². The lowest BCUT2D eigenvalue weighted by atomic mass is 10.0. The van der Waals surface area contributed by atoms with Crippen LogP contribution in [0.2, 0.25) is 5.02 Å². The van der Waals surface area contributed by atoms with Gasteiger partial charge in [0.15, 0.2) is 0 Å². The highest BCUT2D eigenvalue weighted by molar-refractivity contribution is 6.30. The zero-order valence-electron chi connectivity index (χ0n) is 12.0. The van der Waals surface area contributed by atoms with E-state index >= 15 is 0 Å². The zero-order chi connectivity index (χ0) is 14.5. The molecule has 0 aromatic heterocycles. The predicted molar refractivity (Wildman–Crippen MR) is 78.3 cm³/mol. The van der Waals surface area contributed by atoms with Crippen LogP contribution >= 0.6 is 11.6 Å². The number of rotatable bonds is 5. The number of nitrogens with one attached hydrogen (secondary N) is 1. The fourth-order valence-corrected chi connectivity index (χ4v) is 2.00. The Morgan fingerprint density at radius 3 is 2.63 bits per heavy atom. The van der Waals surface area contributed by atoms with Crippen LogP contribution in [0.4, 0.5) is 0 Å². The van der Waals surface area contributed by atoms with E-state index in [4.69, 9.17) is 16.3 Å². The van der Waals surface area contributed by atoms with Crippen molar-refractivity contribution in [2.75, 3.05) is 6.54 Å². The van der Waals surface area contributed by atoms with E-state index in [1.165, 1.54) is 0 Å². The molecule has 0 amide bonds. The van der Waals surface area contributed by atoms with E-state index in [2.05, 4.69) is 12.2 Å². The van der Waals surface area contributed by atoms with Crippen molar-refractivity contribution in [3.8, 4) is 0 Å². The zero-order valence-corrected chi connectivity index (χ0v) is 12.8. The van der Waals surface area contributed by atoms with Gasteiger partial charge < -0.3 is 10.1 Å². The Hall–Kier alpha value is -1.06. The molecule has 1 atom stereocenters. The van der Waals surface area contributed by atoms with Gasteiger partial charge >= 0.3 is 5.97 Å². The quantitative estimate of drug-likeness (QED) is 0.837. The summed E-state index contributed by atoms with van der Waals surface area (Å²) < 4.78 is 5.26. The lowest BCUT2D eigenvalue weighted by molar-refractivity contribution is -0.153. The SMILES string of the molecule is CCC(NCC(=O)OC(C)(C)C)c1cccc(Cl)c1. The second-order valence-corrected chi connectivity index (χ2v) is 5.92. The van der Waals surface area contributed by atoms with Crippen molar-refractivity contribution >= 4 is 17.6 Å². The van der Waals surface area contributed by atoms with E-state index in [-0.39, 0.29) is 18.6 Å². The molecule has 106 valence electrons. The molecule has 0 saturated carbocycles. The molecule has 1 aromatic rings. The molecule has 4 heteroatoms. The highest BCUT2D eigenvalue weighted by Crippen LogP contribution is 2.20. The maximum Gasteiger partial charge on any atom is 0.320 e. The minimum absolute atomic E-state index is 0.103. The predicted octanol–water partition coefficient (Wildman–Crippen LogP) is 3.72. The van der Waals surface area contributed by atoms with Crippen molar-refractivity contribution < 1.29 is 9.53 Å². The first kappa shape index (κ1) is 16.0. The summed E-state index contributed by atoms with van der Waals surface area (Å²) in [5, 5.41) is 3.91. The number of ether oxygens (including phenoxy) is 1. The number of benzene rings is 1. The summed E-state index contributed by atoms with van der Waals surface area (Å²) >= 11 is 5.98. The van der Waals surface area contributed by atoms with Crippen LogP contribution in [-0.4, -0.2) is 18.1 Å². The van der Waals surface area contributed by atoms with Gasteiger partial charge in [0, 0.05) is 11.1 Å². The third kappa shape index (κ3) is 6.08. The first-order chi connectivity index (χ1) is 8.81. The molecule has 1 rings (SSSR count). The molecule has 0 bridgehead atoms. The molecule has 0 aliphatic heterocycles. The Morgan fingerprint density at radius 2 is 2.11 bits per heavy atom. The molecule has 0 saturated heterocycles. The maximum absolute atomic E-state index is 11.7. The van der Waals surface area contributed by atoms with E-state index < -0.39 is 5.60 Å². The molecule has 3 nitrogen and oxygen atoms in total. The van der Waals surface area contributed by atoms with Gasteiger partial charge in [-0.05, 0) is 44.9 Å². The van der Waals surface area contributed by atoms with Crippen LogP contribution < -0.4 is 5.32 Å². The molecule has 0 heterocycles. The fourth-order valence-electron chi connectivity index (χ4n) is 1.81. The lowest BCUT2D eigenvalue weighted by Gasteiger charge is -2.22. The van der Waals surface area contributed by atoms with E-state index in [0.717, 1.165) is 12.0 Å². The second-order valence-electron chi connectivity index (χ2n) is 5.48. The summed E-state index contributed by atoms with van der Waals surface area (Å²) in [6, 6.07) is 7.77. The third-order valence-electron chi connectivity index (χ3n) is 2.57. The molecule has 0 radical (unpaired) electrons. The van der Waals surface area contributed by atoms with Crippen LogP contribution in [0.1, 0.15) is 45.7 Å².